The zero-order chi connectivity index (χ0) is 8.53. The second-order valence-corrected chi connectivity index (χ2v) is 4.97. The average molecular weight is 191 g/mol. The summed E-state index contributed by atoms with van der Waals surface area (Å²) in [5.41, 5.74) is 0. The van der Waals surface area contributed by atoms with Crippen molar-refractivity contribution in [2.24, 2.45) is 0 Å². The third-order valence-electron chi connectivity index (χ3n) is 1.66. The molecule has 0 fully saturated rings. The van der Waals surface area contributed by atoms with Crippen molar-refractivity contribution < 1.29 is 0 Å². The molecule has 11 heavy (non-hydrogen) atoms. The Hall–Kier alpha value is 0.700. The van der Waals surface area contributed by atoms with Gasteiger partial charge in [-0.2, -0.15) is 23.5 Å². The summed E-state index contributed by atoms with van der Waals surface area (Å²) in [5, 5.41) is 0.810. The van der Waals surface area contributed by atoms with Crippen LogP contribution in [-0.4, -0.2) is 23.5 Å². The minimum Gasteiger partial charge on any atom is -0.165 e. The van der Waals surface area contributed by atoms with Crippen molar-refractivity contribution in [3.05, 3.63) is 6.42 Å². The summed E-state index contributed by atoms with van der Waals surface area (Å²) in [5.74, 6) is 1.31. The van der Waals surface area contributed by atoms with Crippen molar-refractivity contribution in [1.82, 2.24) is 0 Å². The van der Waals surface area contributed by atoms with Gasteiger partial charge in [0.05, 0.1) is 0 Å². The van der Waals surface area contributed by atoms with Crippen LogP contribution in [0.25, 0.3) is 0 Å². The lowest BCUT2D eigenvalue weighted by molar-refractivity contribution is 0.812. The first-order valence-electron chi connectivity index (χ1n) is 4.14. The number of hydrogen-bond acceptors (Lipinski definition) is 2. The number of unbranched alkanes of at least 4 members (excludes halogenated alkanes) is 2. The first-order chi connectivity index (χ1) is 5.31. The Labute approximate surface area is 79.9 Å². The van der Waals surface area contributed by atoms with Crippen LogP contribution < -0.4 is 0 Å². The van der Waals surface area contributed by atoms with Gasteiger partial charge in [-0.3, -0.25) is 0 Å². The van der Waals surface area contributed by atoms with E-state index in [1.807, 2.05) is 23.5 Å². The number of rotatable bonds is 7. The summed E-state index contributed by atoms with van der Waals surface area (Å²) in [7, 11) is 0. The maximum atomic E-state index is 2.43. The lowest BCUT2D eigenvalue weighted by Gasteiger charge is -2.06. The summed E-state index contributed by atoms with van der Waals surface area (Å²) in [4.78, 5) is 0. The summed E-state index contributed by atoms with van der Waals surface area (Å²) < 4.78 is 0. The van der Waals surface area contributed by atoms with Crippen LogP contribution in [-0.2, 0) is 0 Å². The minimum atomic E-state index is 0.810. The molecular formula is C9H19S2. The average Bonchev–Trinajstić information content (AvgIpc) is 2.04. The Morgan fingerprint density at radius 2 is 2.09 bits per heavy atom. The Balaban J connectivity index is 2.89. The van der Waals surface area contributed by atoms with Crippen LogP contribution in [0.4, 0.5) is 0 Å². The second kappa shape index (κ2) is 8.79. The first kappa shape index (κ1) is 11.7. The molecule has 0 aromatic carbocycles. The highest BCUT2D eigenvalue weighted by molar-refractivity contribution is 7.99. The van der Waals surface area contributed by atoms with E-state index in [9.17, 15) is 0 Å². The molecule has 0 aliphatic carbocycles. The molecule has 0 rings (SSSR count). The molecule has 0 saturated heterocycles. The van der Waals surface area contributed by atoms with E-state index in [1.54, 1.807) is 0 Å². The molecule has 0 aromatic heterocycles. The third kappa shape index (κ3) is 8.61. The molecule has 1 unspecified atom stereocenters. The van der Waals surface area contributed by atoms with Gasteiger partial charge in [-0.1, -0.05) is 6.92 Å². The van der Waals surface area contributed by atoms with E-state index < -0.39 is 0 Å². The van der Waals surface area contributed by atoms with Gasteiger partial charge in [-0.15, -0.1) is 0 Å². The van der Waals surface area contributed by atoms with Crippen LogP contribution in [0.5, 0.6) is 0 Å². The van der Waals surface area contributed by atoms with Crippen molar-refractivity contribution >= 4 is 23.5 Å². The molecule has 0 aromatic rings. The van der Waals surface area contributed by atoms with Crippen LogP contribution in [0.1, 0.15) is 26.2 Å². The molecule has 0 heterocycles. The zero-order valence-corrected chi connectivity index (χ0v) is 9.43. The number of thioether (sulfide) groups is 2. The third-order valence-corrected chi connectivity index (χ3v) is 3.35. The van der Waals surface area contributed by atoms with Gasteiger partial charge >= 0.3 is 0 Å². The summed E-state index contributed by atoms with van der Waals surface area (Å²) in [6.07, 6.45) is 10.7. The largest absolute Gasteiger partial charge is 0.165 e. The van der Waals surface area contributed by atoms with E-state index >= 15 is 0 Å². The molecule has 0 aliphatic rings. The normalized spacial score (nSPS) is 13.4. The molecule has 0 aliphatic heterocycles. The van der Waals surface area contributed by atoms with Gasteiger partial charge < -0.3 is 0 Å². The molecule has 0 nitrogen and oxygen atoms in total. The van der Waals surface area contributed by atoms with E-state index in [0.717, 1.165) is 5.25 Å². The summed E-state index contributed by atoms with van der Waals surface area (Å²) in [6.45, 7) is 2.29. The predicted molar refractivity (Wildman–Crippen MR) is 59.5 cm³/mol. The highest BCUT2D eigenvalue weighted by Crippen LogP contribution is 2.13. The zero-order valence-electron chi connectivity index (χ0n) is 7.80. The second-order valence-electron chi connectivity index (χ2n) is 2.71. The Morgan fingerprint density at radius 1 is 1.36 bits per heavy atom. The van der Waals surface area contributed by atoms with Gasteiger partial charge in [0.1, 0.15) is 0 Å². The SMILES string of the molecule is CSCCC[CH]CC(C)SC. The molecule has 2 heteroatoms. The molecular weight excluding hydrogens is 172 g/mol. The Bertz CT molecular complexity index is 74.0. The fraction of sp³-hybridized carbons (Fsp3) is 0.889. The fourth-order valence-corrected chi connectivity index (χ4v) is 1.60. The minimum absolute atomic E-state index is 0.810. The van der Waals surface area contributed by atoms with Gasteiger partial charge in [-0.25, -0.2) is 0 Å². The van der Waals surface area contributed by atoms with E-state index in [1.165, 1.54) is 25.0 Å². The molecule has 1 radical (unpaired) electrons. The van der Waals surface area contributed by atoms with Gasteiger partial charge in [0.25, 0.3) is 0 Å². The Morgan fingerprint density at radius 3 is 2.64 bits per heavy atom. The molecule has 0 spiro atoms. The van der Waals surface area contributed by atoms with Crippen molar-refractivity contribution in [2.75, 3.05) is 18.3 Å². The summed E-state index contributed by atoms with van der Waals surface area (Å²) >= 11 is 3.89. The smallest absolute Gasteiger partial charge is 0.00186 e. The summed E-state index contributed by atoms with van der Waals surface area (Å²) in [6, 6.07) is 0. The van der Waals surface area contributed by atoms with Gasteiger partial charge in [0, 0.05) is 5.25 Å². The topological polar surface area (TPSA) is 0 Å². The van der Waals surface area contributed by atoms with E-state index in [0.29, 0.717) is 0 Å². The molecule has 67 valence electrons. The maximum Gasteiger partial charge on any atom is 0.00186 e. The quantitative estimate of drug-likeness (QED) is 0.565. The molecule has 1 atom stereocenters. The van der Waals surface area contributed by atoms with Crippen molar-refractivity contribution in [2.45, 2.75) is 31.4 Å². The van der Waals surface area contributed by atoms with Crippen molar-refractivity contribution in [1.29, 1.82) is 0 Å². The van der Waals surface area contributed by atoms with Crippen LogP contribution >= 0.6 is 23.5 Å². The van der Waals surface area contributed by atoms with Crippen LogP contribution in [0.15, 0.2) is 0 Å². The lowest BCUT2D eigenvalue weighted by atomic mass is 10.2. The van der Waals surface area contributed by atoms with Gasteiger partial charge in [-0.05, 0) is 43.9 Å². The van der Waals surface area contributed by atoms with E-state index in [-0.39, 0.29) is 0 Å². The lowest BCUT2D eigenvalue weighted by Crippen LogP contribution is -1.95. The van der Waals surface area contributed by atoms with Crippen molar-refractivity contribution in [3.8, 4) is 0 Å². The first-order valence-corrected chi connectivity index (χ1v) is 6.82. The van der Waals surface area contributed by atoms with E-state index in [2.05, 4.69) is 25.9 Å². The van der Waals surface area contributed by atoms with Crippen LogP contribution in [0.3, 0.4) is 0 Å². The highest BCUT2D eigenvalue weighted by atomic mass is 32.2. The molecule has 0 bridgehead atoms. The Kier molecular flexibility index (Phi) is 9.35. The van der Waals surface area contributed by atoms with Gasteiger partial charge in [0.15, 0.2) is 0 Å². The predicted octanol–water partition coefficient (Wildman–Crippen LogP) is 3.48. The molecule has 0 saturated carbocycles. The van der Waals surface area contributed by atoms with Gasteiger partial charge in [0.2, 0.25) is 0 Å². The van der Waals surface area contributed by atoms with Crippen molar-refractivity contribution in [3.63, 3.8) is 0 Å². The van der Waals surface area contributed by atoms with Crippen LogP contribution in [0, 0.1) is 6.42 Å². The maximum absolute atomic E-state index is 2.43. The molecule has 0 N–H and O–H groups in total. The fourth-order valence-electron chi connectivity index (χ4n) is 0.821. The molecule has 0 amide bonds. The number of hydrogen-bond donors (Lipinski definition) is 0. The monoisotopic (exact) mass is 191 g/mol. The highest BCUT2D eigenvalue weighted by Gasteiger charge is 1.97. The van der Waals surface area contributed by atoms with E-state index in [4.69, 9.17) is 0 Å². The van der Waals surface area contributed by atoms with Crippen LogP contribution in [0.2, 0.25) is 0 Å². The standard InChI is InChI=1S/C9H19S2/c1-9(11-3)7-5-4-6-8-10-2/h5,9H,4,6-8H2,1-3H3.